The van der Waals surface area contributed by atoms with Gasteiger partial charge in [0.2, 0.25) is 0 Å². The zero-order chi connectivity index (χ0) is 24.0. The summed E-state index contributed by atoms with van der Waals surface area (Å²) in [4.78, 5) is 2.50. The highest BCUT2D eigenvalue weighted by molar-refractivity contribution is 5.87. The Morgan fingerprint density at radius 3 is 2.26 bits per heavy atom. The van der Waals surface area contributed by atoms with E-state index >= 15 is 0 Å². The van der Waals surface area contributed by atoms with Crippen molar-refractivity contribution in [3.63, 3.8) is 0 Å². The van der Waals surface area contributed by atoms with Crippen LogP contribution in [0.3, 0.4) is 0 Å². The monoisotopic (exact) mass is 465 g/mol. The molecule has 0 amide bonds. The highest BCUT2D eigenvalue weighted by atomic mass is 16.5. The molecular formula is C32H35NO2. The predicted octanol–water partition coefficient (Wildman–Crippen LogP) is 7.63. The Labute approximate surface area is 209 Å². The first kappa shape index (κ1) is 23.4. The summed E-state index contributed by atoms with van der Waals surface area (Å²) in [5.41, 5.74) is 3.77. The Morgan fingerprint density at radius 1 is 0.743 bits per heavy atom. The molecule has 1 heterocycles. The summed E-state index contributed by atoms with van der Waals surface area (Å²) in [7, 11) is 1.71. The van der Waals surface area contributed by atoms with Gasteiger partial charge >= 0.3 is 0 Å². The summed E-state index contributed by atoms with van der Waals surface area (Å²) in [6.45, 7) is 4.48. The summed E-state index contributed by atoms with van der Waals surface area (Å²) in [6.07, 6.45) is 4.97. The van der Waals surface area contributed by atoms with Crippen molar-refractivity contribution in [1.29, 1.82) is 0 Å². The van der Waals surface area contributed by atoms with E-state index in [9.17, 15) is 0 Å². The van der Waals surface area contributed by atoms with Gasteiger partial charge in [0.1, 0.15) is 11.5 Å². The molecule has 180 valence electrons. The van der Waals surface area contributed by atoms with Gasteiger partial charge in [-0.05, 0) is 71.0 Å². The molecule has 5 rings (SSSR count). The number of nitrogens with zero attached hydrogens (tertiary/aromatic N) is 1. The molecule has 0 N–H and O–H groups in total. The molecule has 1 fully saturated rings. The second-order valence-electron chi connectivity index (χ2n) is 9.42. The molecule has 3 nitrogen and oxygen atoms in total. The van der Waals surface area contributed by atoms with Crippen LogP contribution in [0.15, 0.2) is 91.0 Å². The SMILES string of the molecule is CCC(Oc1cccc(C(c2ccc(OC)cc2)c2cccc3ccccc23)c1)N1CCCCC1. The van der Waals surface area contributed by atoms with E-state index in [1.165, 1.54) is 46.7 Å². The third kappa shape index (κ3) is 5.21. The van der Waals surface area contributed by atoms with Gasteiger partial charge in [0.05, 0.1) is 7.11 Å². The molecule has 4 aromatic rings. The normalized spacial score (nSPS) is 16.1. The van der Waals surface area contributed by atoms with Crippen LogP contribution in [0.4, 0.5) is 0 Å². The van der Waals surface area contributed by atoms with Gasteiger partial charge in [-0.25, -0.2) is 0 Å². The largest absolute Gasteiger partial charge is 0.497 e. The zero-order valence-corrected chi connectivity index (χ0v) is 20.8. The van der Waals surface area contributed by atoms with Crippen molar-refractivity contribution in [3.05, 3.63) is 108 Å². The Morgan fingerprint density at radius 2 is 1.49 bits per heavy atom. The molecule has 0 bridgehead atoms. The minimum absolute atomic E-state index is 0.0885. The molecule has 2 unspecified atom stereocenters. The fourth-order valence-electron chi connectivity index (χ4n) is 5.40. The number of likely N-dealkylation sites (tertiary alicyclic amines) is 1. The van der Waals surface area contributed by atoms with E-state index in [-0.39, 0.29) is 12.1 Å². The maximum Gasteiger partial charge on any atom is 0.152 e. The lowest BCUT2D eigenvalue weighted by Gasteiger charge is -2.34. The number of piperidine rings is 1. The molecule has 0 aliphatic carbocycles. The number of rotatable bonds is 8. The van der Waals surface area contributed by atoms with Crippen molar-refractivity contribution in [1.82, 2.24) is 4.90 Å². The Bertz CT molecular complexity index is 1240. The fourth-order valence-corrected chi connectivity index (χ4v) is 5.40. The highest BCUT2D eigenvalue weighted by Crippen LogP contribution is 2.38. The highest BCUT2D eigenvalue weighted by Gasteiger charge is 2.23. The van der Waals surface area contributed by atoms with Crippen LogP contribution in [0.5, 0.6) is 11.5 Å². The van der Waals surface area contributed by atoms with Crippen LogP contribution in [0, 0.1) is 0 Å². The smallest absolute Gasteiger partial charge is 0.152 e. The van der Waals surface area contributed by atoms with Crippen LogP contribution < -0.4 is 9.47 Å². The van der Waals surface area contributed by atoms with E-state index < -0.39 is 0 Å². The lowest BCUT2D eigenvalue weighted by atomic mass is 9.83. The summed E-state index contributed by atoms with van der Waals surface area (Å²) < 4.78 is 12.0. The van der Waals surface area contributed by atoms with Crippen LogP contribution in [0.25, 0.3) is 10.8 Å². The molecule has 35 heavy (non-hydrogen) atoms. The van der Waals surface area contributed by atoms with E-state index in [1.54, 1.807) is 7.11 Å². The van der Waals surface area contributed by atoms with Crippen molar-refractivity contribution < 1.29 is 9.47 Å². The number of benzene rings is 4. The second kappa shape index (κ2) is 11.0. The molecule has 0 saturated carbocycles. The van der Waals surface area contributed by atoms with Crippen LogP contribution in [0.1, 0.15) is 55.2 Å². The summed E-state index contributed by atoms with van der Waals surface area (Å²) in [6, 6.07) is 32.4. The van der Waals surface area contributed by atoms with Crippen molar-refractivity contribution in [3.8, 4) is 11.5 Å². The third-order valence-corrected chi connectivity index (χ3v) is 7.19. The van der Waals surface area contributed by atoms with E-state index in [0.29, 0.717) is 0 Å². The van der Waals surface area contributed by atoms with E-state index in [1.807, 2.05) is 0 Å². The number of hydrogen-bond acceptors (Lipinski definition) is 3. The van der Waals surface area contributed by atoms with E-state index in [2.05, 4.69) is 103 Å². The molecule has 3 heteroatoms. The molecule has 1 saturated heterocycles. The lowest BCUT2D eigenvalue weighted by Crippen LogP contribution is -2.42. The van der Waals surface area contributed by atoms with Crippen LogP contribution in [-0.4, -0.2) is 31.3 Å². The Balaban J connectivity index is 1.55. The standard InChI is InChI=1S/C32H35NO2/c1-3-31(33-21-7-4-8-22-33)35-28-14-9-13-26(23-28)32(25-17-19-27(34-2)20-18-25)30-16-10-12-24-11-5-6-15-29(24)30/h5-6,9-20,23,31-32H,3-4,7-8,21-22H2,1-2H3. The molecular weight excluding hydrogens is 430 g/mol. The van der Waals surface area contributed by atoms with Gasteiger partial charge in [0.25, 0.3) is 0 Å². The van der Waals surface area contributed by atoms with Gasteiger partial charge in [-0.3, -0.25) is 4.90 Å². The van der Waals surface area contributed by atoms with Crippen molar-refractivity contribution in [2.75, 3.05) is 20.2 Å². The summed E-state index contributed by atoms with van der Waals surface area (Å²) >= 11 is 0. The molecule has 4 aromatic carbocycles. The van der Waals surface area contributed by atoms with Crippen molar-refractivity contribution >= 4 is 10.8 Å². The summed E-state index contributed by atoms with van der Waals surface area (Å²) in [5.74, 6) is 1.90. The maximum absolute atomic E-state index is 6.60. The van der Waals surface area contributed by atoms with Gasteiger partial charge in [0, 0.05) is 19.0 Å². The molecule has 0 radical (unpaired) electrons. The van der Waals surface area contributed by atoms with Crippen LogP contribution >= 0.6 is 0 Å². The van der Waals surface area contributed by atoms with Gasteiger partial charge < -0.3 is 9.47 Å². The average Bonchev–Trinajstić information content (AvgIpc) is 2.93. The topological polar surface area (TPSA) is 21.7 Å². The average molecular weight is 466 g/mol. The number of fused-ring (bicyclic) bond motifs is 1. The molecule has 2 atom stereocenters. The molecule has 0 aromatic heterocycles. The first-order chi connectivity index (χ1) is 17.3. The van der Waals surface area contributed by atoms with Gasteiger partial charge in [-0.1, -0.05) is 80.1 Å². The van der Waals surface area contributed by atoms with Crippen molar-refractivity contribution in [2.24, 2.45) is 0 Å². The third-order valence-electron chi connectivity index (χ3n) is 7.19. The molecule has 1 aliphatic heterocycles. The zero-order valence-electron chi connectivity index (χ0n) is 20.8. The fraction of sp³-hybridized carbons (Fsp3) is 0.312. The van der Waals surface area contributed by atoms with Crippen LogP contribution in [0.2, 0.25) is 0 Å². The first-order valence-electron chi connectivity index (χ1n) is 12.9. The summed E-state index contributed by atoms with van der Waals surface area (Å²) in [5, 5.41) is 2.54. The molecule has 0 spiro atoms. The quantitative estimate of drug-likeness (QED) is 0.250. The maximum atomic E-state index is 6.60. The van der Waals surface area contributed by atoms with Crippen LogP contribution in [-0.2, 0) is 0 Å². The first-order valence-corrected chi connectivity index (χ1v) is 12.9. The van der Waals surface area contributed by atoms with Crippen molar-refractivity contribution in [2.45, 2.75) is 44.8 Å². The number of methoxy groups -OCH3 is 1. The Kier molecular flexibility index (Phi) is 7.34. The van der Waals surface area contributed by atoms with E-state index in [0.717, 1.165) is 31.0 Å². The van der Waals surface area contributed by atoms with E-state index in [4.69, 9.17) is 9.47 Å². The number of hydrogen-bond donors (Lipinski definition) is 0. The lowest BCUT2D eigenvalue weighted by molar-refractivity contribution is 0.00978. The second-order valence-corrected chi connectivity index (χ2v) is 9.42. The van der Waals surface area contributed by atoms with Gasteiger partial charge in [-0.15, -0.1) is 0 Å². The minimum atomic E-state index is 0.0885. The Hall–Kier alpha value is -3.30. The predicted molar refractivity (Wildman–Crippen MR) is 144 cm³/mol. The van der Waals surface area contributed by atoms with Gasteiger partial charge in [0.15, 0.2) is 6.23 Å². The van der Waals surface area contributed by atoms with Gasteiger partial charge in [-0.2, -0.15) is 0 Å². The number of ether oxygens (including phenoxy) is 2. The minimum Gasteiger partial charge on any atom is -0.497 e. The molecule has 1 aliphatic rings.